The Kier molecular flexibility index (Phi) is 7.24. The first-order valence-corrected chi connectivity index (χ1v) is 3.15. The van der Waals surface area contributed by atoms with E-state index in [4.69, 9.17) is 5.11 Å². The molecule has 3 heteroatoms. The van der Waals surface area contributed by atoms with Gasteiger partial charge < -0.3 is 10.4 Å². The molecule has 0 aliphatic rings. The van der Waals surface area contributed by atoms with Crippen molar-refractivity contribution < 1.29 is 5.11 Å². The zero-order chi connectivity index (χ0) is 6.95. The van der Waals surface area contributed by atoms with Gasteiger partial charge in [0.15, 0.2) is 0 Å². The van der Waals surface area contributed by atoms with Crippen LogP contribution in [0.4, 0.5) is 0 Å². The fraction of sp³-hybridized carbons (Fsp3) is 0.833. The molecule has 0 heterocycles. The molecule has 0 atom stereocenters. The van der Waals surface area contributed by atoms with Crippen LogP contribution >= 0.6 is 0 Å². The Bertz CT molecular complexity index is 73.5. The van der Waals surface area contributed by atoms with E-state index in [1.165, 1.54) is 0 Å². The molecule has 0 unspecified atom stereocenters. The molecule has 0 aliphatic carbocycles. The summed E-state index contributed by atoms with van der Waals surface area (Å²) in [5.74, 6) is 0. The zero-order valence-corrected chi connectivity index (χ0v) is 5.80. The number of aliphatic hydroxyl groups is 1. The second kappa shape index (κ2) is 7.59. The number of hydrogen-bond donors (Lipinski definition) is 2. The number of aliphatic imine (C=N–C) groups is 1. The largest absolute Gasteiger partial charge is 0.396 e. The number of nitrogens with one attached hydrogen (secondary N) is 1. The van der Waals surface area contributed by atoms with Gasteiger partial charge in [-0.25, -0.2) is 0 Å². The molecule has 54 valence electrons. The molecule has 0 aromatic carbocycles. The number of likely N-dealkylation sites (N-methyl/N-ethyl adjacent to an activating group) is 1. The van der Waals surface area contributed by atoms with Crippen LogP contribution in [0.1, 0.15) is 6.42 Å². The van der Waals surface area contributed by atoms with Gasteiger partial charge in [0, 0.05) is 25.8 Å². The highest BCUT2D eigenvalue weighted by Gasteiger charge is 1.76. The van der Waals surface area contributed by atoms with E-state index in [1.54, 1.807) is 6.21 Å². The van der Waals surface area contributed by atoms with Gasteiger partial charge in [-0.1, -0.05) is 0 Å². The van der Waals surface area contributed by atoms with Crippen molar-refractivity contribution in [3.8, 4) is 0 Å². The third-order valence-corrected chi connectivity index (χ3v) is 0.878. The van der Waals surface area contributed by atoms with Gasteiger partial charge in [0.2, 0.25) is 0 Å². The summed E-state index contributed by atoms with van der Waals surface area (Å²) >= 11 is 0. The molecule has 0 spiro atoms. The highest BCUT2D eigenvalue weighted by Crippen LogP contribution is 1.70. The first-order valence-electron chi connectivity index (χ1n) is 3.15. The van der Waals surface area contributed by atoms with Gasteiger partial charge in [0.1, 0.15) is 0 Å². The topological polar surface area (TPSA) is 44.6 Å². The highest BCUT2D eigenvalue weighted by molar-refractivity contribution is 5.57. The Balaban J connectivity index is 2.86. The highest BCUT2D eigenvalue weighted by atomic mass is 16.2. The van der Waals surface area contributed by atoms with Crippen LogP contribution in [0.15, 0.2) is 4.99 Å². The molecule has 9 heavy (non-hydrogen) atoms. The molecule has 0 aromatic rings. The van der Waals surface area contributed by atoms with Gasteiger partial charge in [0.25, 0.3) is 0 Å². The van der Waals surface area contributed by atoms with Crippen molar-refractivity contribution >= 4 is 6.21 Å². The normalized spacial score (nSPS) is 10.9. The first-order chi connectivity index (χ1) is 4.41. The summed E-state index contributed by atoms with van der Waals surface area (Å²) in [5, 5.41) is 11.3. The fourth-order valence-corrected chi connectivity index (χ4v) is 0.417. The minimum atomic E-state index is 0.197. The van der Waals surface area contributed by atoms with Crippen LogP contribution in [0, 0.1) is 0 Å². The van der Waals surface area contributed by atoms with E-state index >= 15 is 0 Å². The Morgan fingerprint density at radius 2 is 2.44 bits per heavy atom. The third-order valence-electron chi connectivity index (χ3n) is 0.878. The summed E-state index contributed by atoms with van der Waals surface area (Å²) in [5.41, 5.74) is 0. The lowest BCUT2D eigenvalue weighted by Crippen LogP contribution is -2.10. The Hall–Kier alpha value is -0.410. The van der Waals surface area contributed by atoms with E-state index in [2.05, 4.69) is 10.3 Å². The standard InChI is InChI=1S/C6H14N2O/c1-7-4-5-8-3-2-6-9/h3,7,9H,2,4-6H2,1H3. The number of rotatable bonds is 5. The van der Waals surface area contributed by atoms with Crippen LogP contribution in [0.25, 0.3) is 0 Å². The van der Waals surface area contributed by atoms with E-state index in [0.29, 0.717) is 6.42 Å². The van der Waals surface area contributed by atoms with Gasteiger partial charge in [-0.2, -0.15) is 0 Å². The second-order valence-electron chi connectivity index (χ2n) is 1.70. The fourth-order valence-electron chi connectivity index (χ4n) is 0.417. The van der Waals surface area contributed by atoms with Crippen molar-refractivity contribution in [2.24, 2.45) is 4.99 Å². The van der Waals surface area contributed by atoms with Crippen molar-refractivity contribution in [1.29, 1.82) is 0 Å². The molecule has 0 radical (unpaired) electrons. The lowest BCUT2D eigenvalue weighted by atomic mass is 10.5. The Labute approximate surface area is 55.8 Å². The van der Waals surface area contributed by atoms with Crippen molar-refractivity contribution in [2.45, 2.75) is 6.42 Å². The van der Waals surface area contributed by atoms with E-state index in [-0.39, 0.29) is 6.61 Å². The van der Waals surface area contributed by atoms with Gasteiger partial charge in [-0.05, 0) is 7.05 Å². The summed E-state index contributed by atoms with van der Waals surface area (Å²) < 4.78 is 0. The van der Waals surface area contributed by atoms with Crippen LogP contribution in [0.2, 0.25) is 0 Å². The number of hydrogen-bond acceptors (Lipinski definition) is 3. The molecule has 0 saturated heterocycles. The first kappa shape index (κ1) is 8.59. The molecular weight excluding hydrogens is 116 g/mol. The maximum atomic E-state index is 8.32. The predicted octanol–water partition coefficient (Wildman–Crippen LogP) is -0.341. The third kappa shape index (κ3) is 7.59. The van der Waals surface area contributed by atoms with Crippen molar-refractivity contribution in [3.63, 3.8) is 0 Å². The van der Waals surface area contributed by atoms with E-state index in [9.17, 15) is 0 Å². The van der Waals surface area contributed by atoms with Gasteiger partial charge in [0.05, 0.1) is 6.54 Å². The van der Waals surface area contributed by atoms with Crippen LogP contribution in [0.3, 0.4) is 0 Å². The van der Waals surface area contributed by atoms with Crippen LogP contribution in [0.5, 0.6) is 0 Å². The Morgan fingerprint density at radius 3 is 3.00 bits per heavy atom. The average molecular weight is 130 g/mol. The SMILES string of the molecule is CNCCN=CCCO. The lowest BCUT2D eigenvalue weighted by Gasteiger charge is -1.90. The van der Waals surface area contributed by atoms with E-state index < -0.39 is 0 Å². The molecule has 0 fully saturated rings. The number of aliphatic hydroxyl groups excluding tert-OH is 1. The average Bonchev–Trinajstić information content (AvgIpc) is 1.89. The Morgan fingerprint density at radius 1 is 1.67 bits per heavy atom. The monoisotopic (exact) mass is 130 g/mol. The van der Waals surface area contributed by atoms with Crippen LogP contribution in [-0.4, -0.2) is 38.1 Å². The maximum Gasteiger partial charge on any atom is 0.0510 e. The van der Waals surface area contributed by atoms with E-state index in [0.717, 1.165) is 13.1 Å². The van der Waals surface area contributed by atoms with E-state index in [1.807, 2.05) is 7.05 Å². The molecule has 3 nitrogen and oxygen atoms in total. The van der Waals surface area contributed by atoms with Gasteiger partial charge in [-0.3, -0.25) is 4.99 Å². The molecule has 0 amide bonds. The van der Waals surface area contributed by atoms with Crippen LogP contribution < -0.4 is 5.32 Å². The molecular formula is C6H14N2O. The number of nitrogens with zero attached hydrogens (tertiary/aromatic N) is 1. The molecule has 0 rings (SSSR count). The smallest absolute Gasteiger partial charge is 0.0510 e. The molecule has 0 aromatic heterocycles. The lowest BCUT2D eigenvalue weighted by molar-refractivity contribution is 0.308. The summed E-state index contributed by atoms with van der Waals surface area (Å²) in [6.07, 6.45) is 2.42. The second-order valence-corrected chi connectivity index (χ2v) is 1.70. The van der Waals surface area contributed by atoms with Gasteiger partial charge in [-0.15, -0.1) is 0 Å². The van der Waals surface area contributed by atoms with Crippen LogP contribution in [-0.2, 0) is 0 Å². The molecule has 0 aliphatic heterocycles. The summed E-state index contributed by atoms with van der Waals surface area (Å²) in [4.78, 5) is 4.00. The quantitative estimate of drug-likeness (QED) is 0.395. The van der Waals surface area contributed by atoms with Crippen molar-refractivity contribution in [1.82, 2.24) is 5.32 Å². The summed E-state index contributed by atoms with van der Waals surface area (Å²) in [6, 6.07) is 0. The molecule has 0 saturated carbocycles. The zero-order valence-electron chi connectivity index (χ0n) is 5.80. The van der Waals surface area contributed by atoms with Gasteiger partial charge >= 0.3 is 0 Å². The summed E-state index contributed by atoms with van der Waals surface area (Å²) in [7, 11) is 1.89. The van der Waals surface area contributed by atoms with Crippen molar-refractivity contribution in [3.05, 3.63) is 0 Å². The minimum absolute atomic E-state index is 0.197. The van der Waals surface area contributed by atoms with Crippen molar-refractivity contribution in [2.75, 3.05) is 26.7 Å². The molecule has 2 N–H and O–H groups in total. The predicted molar refractivity (Wildman–Crippen MR) is 39.0 cm³/mol. The minimum Gasteiger partial charge on any atom is -0.396 e. The summed E-state index contributed by atoms with van der Waals surface area (Å²) in [6.45, 7) is 1.90. The maximum absolute atomic E-state index is 8.32. The molecule has 0 bridgehead atoms.